The summed E-state index contributed by atoms with van der Waals surface area (Å²) >= 11 is 4.26. The Balaban J connectivity index is 3.03. The lowest BCUT2D eigenvalue weighted by atomic mass is 10.1. The van der Waals surface area contributed by atoms with Crippen LogP contribution in [-0.2, 0) is 0 Å². The van der Waals surface area contributed by atoms with Crippen LogP contribution in [0.25, 0.3) is 0 Å². The maximum Gasteiger partial charge on any atom is 0.0277 e. The van der Waals surface area contributed by atoms with Crippen LogP contribution in [0.15, 0.2) is 29.2 Å². The van der Waals surface area contributed by atoms with Crippen molar-refractivity contribution in [1.82, 2.24) is 0 Å². The first-order valence-electron chi connectivity index (χ1n) is 3.25. The van der Waals surface area contributed by atoms with Gasteiger partial charge in [0.25, 0.3) is 0 Å². The zero-order valence-electron chi connectivity index (χ0n) is 5.91. The number of hydrogen-bond acceptors (Lipinski definition) is 2. The molecule has 1 nitrogen and oxygen atoms in total. The molecule has 0 fully saturated rings. The first kappa shape index (κ1) is 7.63. The van der Waals surface area contributed by atoms with E-state index in [0.717, 1.165) is 10.5 Å². The molecule has 0 spiro atoms. The lowest BCUT2D eigenvalue weighted by Crippen LogP contribution is -2.05. The van der Waals surface area contributed by atoms with Crippen LogP contribution in [0, 0.1) is 0 Å². The molecule has 0 aliphatic heterocycles. The Bertz CT molecular complexity index is 220. The highest BCUT2D eigenvalue weighted by molar-refractivity contribution is 7.80. The Morgan fingerprint density at radius 1 is 1.40 bits per heavy atom. The molecule has 0 radical (unpaired) electrons. The normalized spacial score (nSPS) is 13.1. The summed E-state index contributed by atoms with van der Waals surface area (Å²) in [7, 11) is 0. The van der Waals surface area contributed by atoms with Gasteiger partial charge in [0.05, 0.1) is 0 Å². The molecule has 10 heavy (non-hydrogen) atoms. The Labute approximate surface area is 66.7 Å². The quantitative estimate of drug-likeness (QED) is 0.593. The summed E-state index contributed by atoms with van der Waals surface area (Å²) in [4.78, 5) is 0.970. The van der Waals surface area contributed by atoms with E-state index in [9.17, 15) is 0 Å². The van der Waals surface area contributed by atoms with Crippen molar-refractivity contribution >= 4 is 12.6 Å². The first-order chi connectivity index (χ1) is 4.72. The van der Waals surface area contributed by atoms with E-state index in [-0.39, 0.29) is 6.04 Å². The second-order valence-corrected chi connectivity index (χ2v) is 2.83. The van der Waals surface area contributed by atoms with Gasteiger partial charge in [-0.15, -0.1) is 12.6 Å². The average molecular weight is 153 g/mol. The van der Waals surface area contributed by atoms with E-state index in [1.54, 1.807) is 0 Å². The van der Waals surface area contributed by atoms with E-state index >= 15 is 0 Å². The van der Waals surface area contributed by atoms with Gasteiger partial charge in [-0.05, 0) is 18.6 Å². The molecular formula is C8H11NS. The van der Waals surface area contributed by atoms with Gasteiger partial charge in [-0.25, -0.2) is 0 Å². The number of thiol groups is 1. The molecule has 0 aromatic heterocycles. The van der Waals surface area contributed by atoms with Gasteiger partial charge in [0, 0.05) is 10.9 Å². The van der Waals surface area contributed by atoms with E-state index in [1.807, 2.05) is 31.2 Å². The fourth-order valence-corrected chi connectivity index (χ4v) is 1.24. The van der Waals surface area contributed by atoms with Crippen LogP contribution in [0.4, 0.5) is 0 Å². The van der Waals surface area contributed by atoms with Crippen LogP contribution in [0.1, 0.15) is 18.5 Å². The van der Waals surface area contributed by atoms with E-state index in [0.29, 0.717) is 0 Å². The topological polar surface area (TPSA) is 26.0 Å². The Morgan fingerprint density at radius 3 is 2.40 bits per heavy atom. The van der Waals surface area contributed by atoms with Gasteiger partial charge in [-0.3, -0.25) is 0 Å². The molecule has 2 N–H and O–H groups in total. The Morgan fingerprint density at radius 2 is 2.00 bits per heavy atom. The number of benzene rings is 1. The number of hydrogen-bond donors (Lipinski definition) is 2. The Kier molecular flexibility index (Phi) is 2.35. The minimum absolute atomic E-state index is 0.0775. The van der Waals surface area contributed by atoms with Crippen molar-refractivity contribution in [3.8, 4) is 0 Å². The molecule has 1 aromatic rings. The van der Waals surface area contributed by atoms with Gasteiger partial charge in [0.2, 0.25) is 0 Å². The maximum atomic E-state index is 5.67. The van der Waals surface area contributed by atoms with Crippen LogP contribution in [0.3, 0.4) is 0 Å². The molecule has 0 saturated heterocycles. The van der Waals surface area contributed by atoms with Crippen LogP contribution in [-0.4, -0.2) is 0 Å². The van der Waals surface area contributed by atoms with Gasteiger partial charge < -0.3 is 5.73 Å². The van der Waals surface area contributed by atoms with Crippen LogP contribution in [0.2, 0.25) is 0 Å². The molecule has 0 heterocycles. The second-order valence-electron chi connectivity index (χ2n) is 2.35. The minimum atomic E-state index is 0.0775. The fraction of sp³-hybridized carbons (Fsp3) is 0.250. The standard InChI is InChI=1S/C8H11NS/c1-6(9)7-4-2-3-5-8(7)10/h2-6,10H,9H2,1H3/t6-/m0/s1. The van der Waals surface area contributed by atoms with Gasteiger partial charge in [-0.2, -0.15) is 0 Å². The Hall–Kier alpha value is -0.470. The zero-order chi connectivity index (χ0) is 7.56. The van der Waals surface area contributed by atoms with Gasteiger partial charge >= 0.3 is 0 Å². The predicted octanol–water partition coefficient (Wildman–Crippen LogP) is 2.00. The van der Waals surface area contributed by atoms with Gasteiger partial charge in [0.15, 0.2) is 0 Å². The third-order valence-electron chi connectivity index (χ3n) is 1.43. The molecule has 0 amide bonds. The summed E-state index contributed by atoms with van der Waals surface area (Å²) in [5.41, 5.74) is 6.77. The van der Waals surface area contributed by atoms with Crippen LogP contribution < -0.4 is 5.73 Å². The van der Waals surface area contributed by atoms with E-state index in [2.05, 4.69) is 12.6 Å². The molecule has 1 aromatic carbocycles. The van der Waals surface area contributed by atoms with Crippen molar-refractivity contribution in [3.05, 3.63) is 29.8 Å². The lowest BCUT2D eigenvalue weighted by Gasteiger charge is -2.06. The molecule has 1 rings (SSSR count). The molecule has 1 atom stereocenters. The summed E-state index contributed by atoms with van der Waals surface area (Å²) in [6.45, 7) is 1.95. The van der Waals surface area contributed by atoms with E-state index in [4.69, 9.17) is 5.73 Å². The van der Waals surface area contributed by atoms with Crippen molar-refractivity contribution in [3.63, 3.8) is 0 Å². The van der Waals surface area contributed by atoms with Gasteiger partial charge in [-0.1, -0.05) is 18.2 Å². The molecule has 0 unspecified atom stereocenters. The highest BCUT2D eigenvalue weighted by Crippen LogP contribution is 2.18. The predicted molar refractivity (Wildman–Crippen MR) is 46.3 cm³/mol. The van der Waals surface area contributed by atoms with Crippen molar-refractivity contribution in [1.29, 1.82) is 0 Å². The lowest BCUT2D eigenvalue weighted by molar-refractivity contribution is 0.798. The average Bonchev–Trinajstić information content (AvgIpc) is 1.88. The molecule has 0 saturated carbocycles. The number of nitrogens with two attached hydrogens (primary N) is 1. The minimum Gasteiger partial charge on any atom is -0.324 e. The molecular weight excluding hydrogens is 142 g/mol. The van der Waals surface area contributed by atoms with E-state index < -0.39 is 0 Å². The van der Waals surface area contributed by atoms with Crippen molar-refractivity contribution in [2.24, 2.45) is 5.73 Å². The van der Waals surface area contributed by atoms with Crippen LogP contribution >= 0.6 is 12.6 Å². The smallest absolute Gasteiger partial charge is 0.0277 e. The molecule has 0 aliphatic rings. The monoisotopic (exact) mass is 153 g/mol. The molecule has 0 bridgehead atoms. The summed E-state index contributed by atoms with van der Waals surface area (Å²) in [6.07, 6.45) is 0. The summed E-state index contributed by atoms with van der Waals surface area (Å²) < 4.78 is 0. The first-order valence-corrected chi connectivity index (χ1v) is 3.70. The number of rotatable bonds is 1. The molecule has 2 heteroatoms. The summed E-state index contributed by atoms with van der Waals surface area (Å²) in [5.74, 6) is 0. The summed E-state index contributed by atoms with van der Waals surface area (Å²) in [6, 6.07) is 7.94. The van der Waals surface area contributed by atoms with Crippen molar-refractivity contribution in [2.75, 3.05) is 0 Å². The van der Waals surface area contributed by atoms with Gasteiger partial charge in [0.1, 0.15) is 0 Å². The third-order valence-corrected chi connectivity index (χ3v) is 1.83. The molecule has 54 valence electrons. The highest BCUT2D eigenvalue weighted by Gasteiger charge is 2.00. The van der Waals surface area contributed by atoms with Crippen molar-refractivity contribution < 1.29 is 0 Å². The summed E-state index contributed by atoms with van der Waals surface area (Å²) in [5, 5.41) is 0. The zero-order valence-corrected chi connectivity index (χ0v) is 6.81. The second kappa shape index (κ2) is 3.08. The van der Waals surface area contributed by atoms with E-state index in [1.165, 1.54) is 0 Å². The van der Waals surface area contributed by atoms with Crippen LogP contribution in [0.5, 0.6) is 0 Å². The third kappa shape index (κ3) is 1.52. The maximum absolute atomic E-state index is 5.67. The highest BCUT2D eigenvalue weighted by atomic mass is 32.1. The fourth-order valence-electron chi connectivity index (χ4n) is 0.873. The van der Waals surface area contributed by atoms with Crippen molar-refractivity contribution in [2.45, 2.75) is 17.9 Å². The SMILES string of the molecule is C[C@H](N)c1ccccc1S. The molecule has 0 aliphatic carbocycles. The largest absolute Gasteiger partial charge is 0.324 e.